The lowest BCUT2D eigenvalue weighted by molar-refractivity contribution is 0.400. The largest absolute Gasteiger partial charge is 0.313 e. The second kappa shape index (κ2) is 5.21. The van der Waals surface area contributed by atoms with Crippen LogP contribution < -0.4 is 5.32 Å². The quantitative estimate of drug-likeness (QED) is 0.822. The SMILES string of the molecule is CCNCc1cnc(CC(C)(C)C)nc1. The van der Waals surface area contributed by atoms with Crippen molar-refractivity contribution in [1.29, 1.82) is 0 Å². The van der Waals surface area contributed by atoms with Gasteiger partial charge in [0.15, 0.2) is 0 Å². The molecule has 0 radical (unpaired) electrons. The first-order valence-electron chi connectivity index (χ1n) is 5.52. The van der Waals surface area contributed by atoms with Crippen molar-refractivity contribution in [3.8, 4) is 0 Å². The van der Waals surface area contributed by atoms with E-state index in [1.807, 2.05) is 12.4 Å². The van der Waals surface area contributed by atoms with E-state index >= 15 is 0 Å². The fourth-order valence-corrected chi connectivity index (χ4v) is 1.31. The van der Waals surface area contributed by atoms with Crippen LogP contribution in [0.5, 0.6) is 0 Å². The van der Waals surface area contributed by atoms with Crippen LogP contribution in [-0.2, 0) is 13.0 Å². The summed E-state index contributed by atoms with van der Waals surface area (Å²) in [5, 5.41) is 3.25. The smallest absolute Gasteiger partial charge is 0.128 e. The minimum Gasteiger partial charge on any atom is -0.313 e. The number of hydrogen-bond acceptors (Lipinski definition) is 3. The van der Waals surface area contributed by atoms with E-state index in [-0.39, 0.29) is 5.41 Å². The summed E-state index contributed by atoms with van der Waals surface area (Å²) in [5.41, 5.74) is 1.40. The van der Waals surface area contributed by atoms with Crippen molar-refractivity contribution < 1.29 is 0 Å². The summed E-state index contributed by atoms with van der Waals surface area (Å²) in [6, 6.07) is 0. The number of nitrogens with one attached hydrogen (secondary N) is 1. The van der Waals surface area contributed by atoms with Crippen molar-refractivity contribution >= 4 is 0 Å². The third-order valence-electron chi connectivity index (χ3n) is 2.03. The second-order valence-corrected chi connectivity index (χ2v) is 5.03. The maximum absolute atomic E-state index is 4.37. The van der Waals surface area contributed by atoms with Crippen LogP contribution >= 0.6 is 0 Å². The Morgan fingerprint density at radius 2 is 1.80 bits per heavy atom. The van der Waals surface area contributed by atoms with E-state index in [0.29, 0.717) is 0 Å². The Morgan fingerprint density at radius 3 is 2.27 bits per heavy atom. The molecule has 84 valence electrons. The lowest BCUT2D eigenvalue weighted by Crippen LogP contribution is -2.14. The third kappa shape index (κ3) is 4.88. The third-order valence-corrected chi connectivity index (χ3v) is 2.03. The molecule has 1 aromatic heterocycles. The molecular formula is C12H21N3. The van der Waals surface area contributed by atoms with E-state index in [0.717, 1.165) is 30.9 Å². The Bertz CT molecular complexity index is 285. The summed E-state index contributed by atoms with van der Waals surface area (Å²) in [6.45, 7) is 10.5. The van der Waals surface area contributed by atoms with Crippen molar-refractivity contribution in [2.45, 2.75) is 40.7 Å². The molecule has 0 aliphatic carbocycles. The molecule has 0 atom stereocenters. The predicted molar refractivity (Wildman–Crippen MR) is 62.6 cm³/mol. The highest BCUT2D eigenvalue weighted by molar-refractivity contribution is 5.05. The Morgan fingerprint density at radius 1 is 1.20 bits per heavy atom. The van der Waals surface area contributed by atoms with Crippen LogP contribution in [-0.4, -0.2) is 16.5 Å². The molecule has 0 bridgehead atoms. The van der Waals surface area contributed by atoms with Gasteiger partial charge in [-0.15, -0.1) is 0 Å². The highest BCUT2D eigenvalue weighted by Gasteiger charge is 2.12. The summed E-state index contributed by atoms with van der Waals surface area (Å²) in [6.07, 6.45) is 4.75. The van der Waals surface area contributed by atoms with Crippen LogP contribution in [0.4, 0.5) is 0 Å². The molecule has 0 spiro atoms. The van der Waals surface area contributed by atoms with Crippen molar-refractivity contribution in [2.24, 2.45) is 5.41 Å². The Balaban J connectivity index is 2.56. The average molecular weight is 207 g/mol. The van der Waals surface area contributed by atoms with E-state index in [4.69, 9.17) is 0 Å². The lowest BCUT2D eigenvalue weighted by atomic mass is 9.92. The van der Waals surface area contributed by atoms with Gasteiger partial charge in [-0.3, -0.25) is 0 Å². The molecule has 0 saturated heterocycles. The molecule has 1 heterocycles. The van der Waals surface area contributed by atoms with Gasteiger partial charge in [-0.25, -0.2) is 9.97 Å². The fraction of sp³-hybridized carbons (Fsp3) is 0.667. The van der Waals surface area contributed by atoms with Gasteiger partial charge in [-0.05, 0) is 12.0 Å². The minimum absolute atomic E-state index is 0.253. The first kappa shape index (κ1) is 12.1. The molecule has 0 aromatic carbocycles. The van der Waals surface area contributed by atoms with Gasteiger partial charge in [0.2, 0.25) is 0 Å². The lowest BCUT2D eigenvalue weighted by Gasteiger charge is -2.16. The van der Waals surface area contributed by atoms with Crippen LogP contribution in [0.2, 0.25) is 0 Å². The van der Waals surface area contributed by atoms with Gasteiger partial charge in [0.25, 0.3) is 0 Å². The first-order chi connectivity index (χ1) is 7.01. The van der Waals surface area contributed by atoms with Gasteiger partial charge < -0.3 is 5.32 Å². The maximum atomic E-state index is 4.37. The summed E-state index contributed by atoms with van der Waals surface area (Å²) in [5.74, 6) is 0.933. The minimum atomic E-state index is 0.253. The summed E-state index contributed by atoms with van der Waals surface area (Å²) in [7, 11) is 0. The van der Waals surface area contributed by atoms with Crippen LogP contribution in [0, 0.1) is 5.41 Å². The number of rotatable bonds is 4. The first-order valence-corrected chi connectivity index (χ1v) is 5.52. The number of aromatic nitrogens is 2. The zero-order valence-corrected chi connectivity index (χ0v) is 10.2. The van der Waals surface area contributed by atoms with Crippen LogP contribution in [0.3, 0.4) is 0 Å². The van der Waals surface area contributed by atoms with Gasteiger partial charge in [-0.2, -0.15) is 0 Å². The normalized spacial score (nSPS) is 11.7. The molecule has 0 amide bonds. The van der Waals surface area contributed by atoms with Crippen molar-refractivity contribution in [2.75, 3.05) is 6.54 Å². The Labute approximate surface area is 92.3 Å². The Kier molecular flexibility index (Phi) is 4.21. The maximum Gasteiger partial charge on any atom is 0.128 e. The molecule has 1 rings (SSSR count). The van der Waals surface area contributed by atoms with Gasteiger partial charge in [-0.1, -0.05) is 27.7 Å². The molecule has 0 saturated carbocycles. The number of hydrogen-bond donors (Lipinski definition) is 1. The van der Waals surface area contributed by atoms with Gasteiger partial charge in [0.1, 0.15) is 5.82 Å². The van der Waals surface area contributed by atoms with Crippen molar-refractivity contribution in [1.82, 2.24) is 15.3 Å². The molecule has 0 fully saturated rings. The topological polar surface area (TPSA) is 37.8 Å². The highest BCUT2D eigenvalue weighted by Crippen LogP contribution is 2.17. The monoisotopic (exact) mass is 207 g/mol. The zero-order valence-electron chi connectivity index (χ0n) is 10.2. The molecule has 15 heavy (non-hydrogen) atoms. The zero-order chi connectivity index (χ0) is 11.3. The molecule has 0 aliphatic heterocycles. The van der Waals surface area contributed by atoms with E-state index < -0.39 is 0 Å². The number of nitrogens with zero attached hydrogens (tertiary/aromatic N) is 2. The van der Waals surface area contributed by atoms with Crippen LogP contribution in [0.25, 0.3) is 0 Å². The molecule has 1 N–H and O–H groups in total. The van der Waals surface area contributed by atoms with Gasteiger partial charge in [0.05, 0.1) is 0 Å². The van der Waals surface area contributed by atoms with E-state index in [1.54, 1.807) is 0 Å². The van der Waals surface area contributed by atoms with Crippen molar-refractivity contribution in [3.05, 3.63) is 23.8 Å². The van der Waals surface area contributed by atoms with E-state index in [1.165, 1.54) is 0 Å². The molecule has 0 unspecified atom stereocenters. The summed E-state index contributed by atoms with van der Waals surface area (Å²) >= 11 is 0. The Hall–Kier alpha value is -0.960. The van der Waals surface area contributed by atoms with Crippen LogP contribution in [0.15, 0.2) is 12.4 Å². The average Bonchev–Trinajstić information content (AvgIpc) is 2.14. The van der Waals surface area contributed by atoms with Gasteiger partial charge >= 0.3 is 0 Å². The molecule has 1 aromatic rings. The van der Waals surface area contributed by atoms with E-state index in [9.17, 15) is 0 Å². The molecule has 3 heteroatoms. The van der Waals surface area contributed by atoms with Crippen LogP contribution in [0.1, 0.15) is 39.1 Å². The predicted octanol–water partition coefficient (Wildman–Crippen LogP) is 2.17. The highest BCUT2D eigenvalue weighted by atomic mass is 14.9. The summed E-state index contributed by atoms with van der Waals surface area (Å²) in [4.78, 5) is 8.73. The molecule has 3 nitrogen and oxygen atoms in total. The summed E-state index contributed by atoms with van der Waals surface area (Å²) < 4.78 is 0. The standard InChI is InChI=1S/C12H21N3/c1-5-13-7-10-8-14-11(15-9-10)6-12(2,3)4/h8-9,13H,5-7H2,1-4H3. The van der Waals surface area contributed by atoms with Crippen molar-refractivity contribution in [3.63, 3.8) is 0 Å². The van der Waals surface area contributed by atoms with Gasteiger partial charge in [0, 0.05) is 30.9 Å². The second-order valence-electron chi connectivity index (χ2n) is 5.03. The fourth-order valence-electron chi connectivity index (χ4n) is 1.31. The molecule has 0 aliphatic rings. The molecular weight excluding hydrogens is 186 g/mol. The van der Waals surface area contributed by atoms with E-state index in [2.05, 4.69) is 43.0 Å².